The fourth-order valence-electron chi connectivity index (χ4n) is 3.53. The van der Waals surface area contributed by atoms with Crippen LogP contribution in [0.25, 0.3) is 0 Å². The van der Waals surface area contributed by atoms with Gasteiger partial charge in [0.1, 0.15) is 0 Å². The molecule has 2 aromatic carbocycles. The number of carbonyl (C=O) groups excluding carboxylic acids is 1. The number of nitrogens with one attached hydrogen (secondary N) is 2. The smallest absolute Gasteiger partial charge is 0.291 e. The molecule has 1 saturated heterocycles. The van der Waals surface area contributed by atoms with E-state index in [2.05, 4.69) is 20.2 Å². The molecule has 3 aromatic rings. The van der Waals surface area contributed by atoms with Crippen LogP contribution in [0.1, 0.15) is 36.0 Å². The molecule has 0 radical (unpaired) electrons. The third kappa shape index (κ3) is 6.15. The van der Waals surface area contributed by atoms with Gasteiger partial charge in [0.2, 0.25) is 15.2 Å². The Morgan fingerprint density at radius 3 is 2.22 bits per heavy atom. The monoisotopic (exact) mass is 589 g/mol. The summed E-state index contributed by atoms with van der Waals surface area (Å²) >= 11 is 12.5. The third-order valence-corrected chi connectivity index (χ3v) is 10.4. The van der Waals surface area contributed by atoms with Gasteiger partial charge in [0.25, 0.3) is 20.3 Å². The maximum absolute atomic E-state index is 12.9. The van der Waals surface area contributed by atoms with Gasteiger partial charge in [-0.1, -0.05) is 47.4 Å². The molecule has 0 aliphatic carbocycles. The summed E-state index contributed by atoms with van der Waals surface area (Å²) in [6.07, 6.45) is 3.62. The van der Waals surface area contributed by atoms with Gasteiger partial charge in [0.05, 0.1) is 15.5 Å². The minimum atomic E-state index is -4.14. The number of nitrogens with zero attached hydrogens (tertiary/aromatic N) is 3. The van der Waals surface area contributed by atoms with Gasteiger partial charge in [-0.15, -0.1) is 10.2 Å². The van der Waals surface area contributed by atoms with Crippen molar-refractivity contribution in [3.63, 3.8) is 0 Å². The highest BCUT2D eigenvalue weighted by atomic mass is 35.5. The topological polar surface area (TPSA) is 138 Å². The van der Waals surface area contributed by atoms with Crippen molar-refractivity contribution < 1.29 is 21.6 Å². The van der Waals surface area contributed by atoms with Crippen molar-refractivity contribution >= 4 is 71.3 Å². The minimum Gasteiger partial charge on any atom is -0.296 e. The summed E-state index contributed by atoms with van der Waals surface area (Å²) in [5.41, 5.74) is 0.285. The number of halogens is 2. The fraction of sp³-hybridized carbons (Fsp3) is 0.286. The van der Waals surface area contributed by atoms with E-state index in [1.165, 1.54) is 46.8 Å². The van der Waals surface area contributed by atoms with Gasteiger partial charge in [0.15, 0.2) is 0 Å². The second kappa shape index (κ2) is 11.0. The first-order valence-electron chi connectivity index (χ1n) is 10.8. The zero-order valence-electron chi connectivity index (χ0n) is 18.6. The molecule has 192 valence electrons. The second-order valence-electron chi connectivity index (χ2n) is 7.90. The molecular weight excluding hydrogens is 569 g/mol. The lowest BCUT2D eigenvalue weighted by Crippen LogP contribution is -2.31. The number of carbonyl (C=O) groups is 1. The Morgan fingerprint density at radius 2 is 1.58 bits per heavy atom. The van der Waals surface area contributed by atoms with E-state index >= 15 is 0 Å². The van der Waals surface area contributed by atoms with Gasteiger partial charge in [-0.05, 0) is 55.3 Å². The molecule has 0 atom stereocenters. The molecular formula is C21H21Cl2N5O5S3. The van der Waals surface area contributed by atoms with Crippen molar-refractivity contribution in [2.75, 3.05) is 23.1 Å². The summed E-state index contributed by atoms with van der Waals surface area (Å²) in [5.74, 6) is -0.606. The van der Waals surface area contributed by atoms with E-state index in [0.29, 0.717) is 29.4 Å². The molecule has 1 aromatic heterocycles. The maximum atomic E-state index is 12.9. The van der Waals surface area contributed by atoms with Crippen molar-refractivity contribution in [3.05, 3.63) is 58.1 Å². The highest BCUT2D eigenvalue weighted by Gasteiger charge is 2.26. The van der Waals surface area contributed by atoms with Crippen molar-refractivity contribution in [2.24, 2.45) is 0 Å². The summed E-state index contributed by atoms with van der Waals surface area (Å²) in [7, 11) is -7.80. The average molecular weight is 591 g/mol. The number of anilines is 2. The van der Waals surface area contributed by atoms with Crippen LogP contribution >= 0.6 is 34.5 Å². The summed E-state index contributed by atoms with van der Waals surface area (Å²) in [4.78, 5) is 12.5. The van der Waals surface area contributed by atoms with Gasteiger partial charge < -0.3 is 0 Å². The van der Waals surface area contributed by atoms with E-state index < -0.39 is 26.0 Å². The quantitative estimate of drug-likeness (QED) is 0.388. The number of aromatic nitrogens is 2. The Bertz CT molecular complexity index is 1470. The average Bonchev–Trinajstić information content (AvgIpc) is 3.12. The number of hydrogen-bond donors (Lipinski definition) is 2. The lowest BCUT2D eigenvalue weighted by atomic mass is 10.2. The number of rotatable bonds is 7. The highest BCUT2D eigenvalue weighted by molar-refractivity contribution is 7.94. The van der Waals surface area contributed by atoms with Crippen molar-refractivity contribution in [1.82, 2.24) is 14.5 Å². The summed E-state index contributed by atoms with van der Waals surface area (Å²) < 4.78 is 54.7. The molecule has 2 heterocycles. The van der Waals surface area contributed by atoms with Crippen LogP contribution in [-0.2, 0) is 20.0 Å². The summed E-state index contributed by atoms with van der Waals surface area (Å²) in [6, 6.07) is 9.79. The Morgan fingerprint density at radius 1 is 0.917 bits per heavy atom. The van der Waals surface area contributed by atoms with Crippen molar-refractivity contribution in [3.8, 4) is 0 Å². The molecule has 1 aliphatic heterocycles. The first kappa shape index (κ1) is 26.8. The fourth-order valence-corrected chi connectivity index (χ4v) is 7.50. The molecule has 2 N–H and O–H groups in total. The van der Waals surface area contributed by atoms with E-state index in [-0.39, 0.29) is 30.6 Å². The molecule has 0 spiro atoms. The summed E-state index contributed by atoms with van der Waals surface area (Å²) in [5, 5.41) is 10.2. The van der Waals surface area contributed by atoms with Gasteiger partial charge in [-0.3, -0.25) is 14.8 Å². The van der Waals surface area contributed by atoms with E-state index in [4.69, 9.17) is 23.2 Å². The van der Waals surface area contributed by atoms with Gasteiger partial charge in [-0.25, -0.2) is 8.42 Å². The highest BCUT2D eigenvalue weighted by Crippen LogP contribution is 2.27. The Balaban J connectivity index is 1.44. The van der Waals surface area contributed by atoms with Crippen LogP contribution in [-0.4, -0.2) is 50.3 Å². The molecule has 0 unspecified atom stereocenters. The van der Waals surface area contributed by atoms with E-state index in [9.17, 15) is 21.6 Å². The largest absolute Gasteiger partial charge is 0.296 e. The van der Waals surface area contributed by atoms with Crippen LogP contribution in [0, 0.1) is 0 Å². The zero-order chi connectivity index (χ0) is 25.9. The van der Waals surface area contributed by atoms with E-state index in [0.717, 1.165) is 25.7 Å². The number of hydrogen-bond acceptors (Lipinski definition) is 8. The molecule has 15 heteroatoms. The van der Waals surface area contributed by atoms with Crippen LogP contribution in [0.5, 0.6) is 0 Å². The lowest BCUT2D eigenvalue weighted by Gasteiger charge is -2.20. The Kier molecular flexibility index (Phi) is 8.17. The minimum absolute atomic E-state index is 0.0507. The third-order valence-electron chi connectivity index (χ3n) is 5.34. The molecule has 0 bridgehead atoms. The predicted octanol–water partition coefficient (Wildman–Crippen LogP) is 4.46. The van der Waals surface area contributed by atoms with Gasteiger partial charge in [-0.2, -0.15) is 12.7 Å². The number of benzene rings is 2. The van der Waals surface area contributed by atoms with Gasteiger partial charge >= 0.3 is 0 Å². The van der Waals surface area contributed by atoms with Crippen molar-refractivity contribution in [2.45, 2.75) is 34.9 Å². The van der Waals surface area contributed by atoms with Crippen molar-refractivity contribution in [1.29, 1.82) is 0 Å². The first-order valence-corrected chi connectivity index (χ1v) is 15.3. The number of amides is 1. The molecule has 1 aliphatic rings. The second-order valence-corrected chi connectivity index (χ2v) is 13.5. The normalized spacial score (nSPS) is 15.3. The molecule has 36 heavy (non-hydrogen) atoms. The Hall–Kier alpha value is -2.29. The molecule has 0 saturated carbocycles. The van der Waals surface area contributed by atoms with Crippen LogP contribution in [0.3, 0.4) is 0 Å². The maximum Gasteiger partial charge on any atom is 0.291 e. The molecule has 10 nitrogen and oxygen atoms in total. The molecule has 1 amide bonds. The SMILES string of the molecule is O=C(Nc1nnc(S(=O)(=O)Nc2ccc(S(=O)(=O)N3CCCCCC3)cc2)s1)c1ccc(Cl)cc1Cl. The van der Waals surface area contributed by atoms with Crippen LogP contribution < -0.4 is 10.0 Å². The predicted molar refractivity (Wildman–Crippen MR) is 139 cm³/mol. The summed E-state index contributed by atoms with van der Waals surface area (Å²) in [6.45, 7) is 0.938. The van der Waals surface area contributed by atoms with Gasteiger partial charge in [0, 0.05) is 23.8 Å². The van der Waals surface area contributed by atoms with E-state index in [1.54, 1.807) is 0 Å². The Labute approximate surface area is 222 Å². The first-order chi connectivity index (χ1) is 17.1. The number of sulfonamides is 2. The lowest BCUT2D eigenvalue weighted by molar-refractivity contribution is 0.102. The van der Waals surface area contributed by atoms with E-state index in [1.807, 2.05) is 0 Å². The van der Waals surface area contributed by atoms with Crippen LogP contribution in [0.2, 0.25) is 10.0 Å². The standard InChI is InChI=1S/C21H21Cl2N5O5S3/c22-14-5-10-17(18(23)13-14)19(29)24-20-25-26-21(34-20)35(30,31)27-15-6-8-16(9-7-15)36(32,33)28-11-3-1-2-4-12-28/h5-10,13,27H,1-4,11-12H2,(H,24,25,29). The molecule has 1 fully saturated rings. The van der Waals surface area contributed by atoms with Crippen LogP contribution in [0.15, 0.2) is 51.7 Å². The zero-order valence-corrected chi connectivity index (χ0v) is 22.6. The van der Waals surface area contributed by atoms with Crippen LogP contribution in [0.4, 0.5) is 10.8 Å². The molecule has 4 rings (SSSR count).